The Kier molecular flexibility index (Phi) is 3.11. The first kappa shape index (κ1) is 16.7. The third kappa shape index (κ3) is 3.23. The highest BCUT2D eigenvalue weighted by atomic mass is 14.4. The number of fused-ring (bicyclic) bond motifs is 3. The van der Waals surface area contributed by atoms with Gasteiger partial charge in [-0.05, 0) is 121 Å². The van der Waals surface area contributed by atoms with E-state index < -0.39 is 60.5 Å². The molecule has 0 aromatic heterocycles. The minimum atomic E-state index is -3.46. The number of rotatable bonds is 2. The van der Waals surface area contributed by atoms with Gasteiger partial charge in [-0.3, -0.25) is 0 Å². The van der Waals surface area contributed by atoms with Gasteiger partial charge in [0.05, 0.1) is 8.22 Å². The fourth-order valence-corrected chi connectivity index (χ4v) is 8.21. The van der Waals surface area contributed by atoms with E-state index >= 15 is 0 Å². The van der Waals surface area contributed by atoms with Crippen LogP contribution in [-0.4, -0.2) is 0 Å². The molecule has 1 aliphatic rings. The second kappa shape index (κ2) is 8.75. The van der Waals surface area contributed by atoms with E-state index in [2.05, 4.69) is 0 Å². The van der Waals surface area contributed by atoms with E-state index in [4.69, 9.17) is 11.0 Å². The minimum absolute atomic E-state index is 0.00307. The van der Waals surface area contributed by atoms with Crippen molar-refractivity contribution < 1.29 is 16.4 Å². The molecule has 0 atom stereocenters. The van der Waals surface area contributed by atoms with Crippen LogP contribution in [0.2, 0.25) is 0 Å². The molecule has 11 rings (SSSR count). The molecule has 0 unspecified atom stereocenters. The van der Waals surface area contributed by atoms with E-state index in [-0.39, 0.29) is 28.3 Å². The third-order valence-corrected chi connectivity index (χ3v) is 10.3. The lowest BCUT2D eigenvalue weighted by Gasteiger charge is -2.24. The highest BCUT2D eigenvalue weighted by Crippen LogP contribution is 2.55. The van der Waals surface area contributed by atoms with E-state index in [9.17, 15) is 5.48 Å². The fraction of sp³-hybridized carbons (Fsp3) is 0.0638. The molecule has 10 aromatic carbocycles. The van der Waals surface area contributed by atoms with Gasteiger partial charge >= 0.3 is 0 Å². The SMILES string of the molecule is [2H]c1c([2H])c([2H])c2c(c1[2H])-c1c(-c3ccc4ccc5cccc6ccc3c4c56)c([2H])c(-c3ccc4ccc5cccc6ccc3c4c56)c([2H])c1C2(C([2H])([2H])[2H])C([2H])([2H])[2H]. The van der Waals surface area contributed by atoms with Crippen LogP contribution in [0.4, 0.5) is 0 Å². The molecule has 0 nitrogen and oxygen atoms in total. The van der Waals surface area contributed by atoms with Gasteiger partial charge in [0, 0.05) is 13.6 Å². The maximum absolute atomic E-state index is 10.3. The van der Waals surface area contributed by atoms with E-state index in [1.54, 1.807) is 6.07 Å². The normalized spacial score (nSPS) is 18.1. The van der Waals surface area contributed by atoms with Crippen LogP contribution < -0.4 is 0 Å². The Labute approximate surface area is 290 Å². The fourth-order valence-electron chi connectivity index (χ4n) is 8.21. The summed E-state index contributed by atoms with van der Waals surface area (Å²) in [6, 6.07) is 31.6. The Hall–Kier alpha value is -5.72. The molecule has 0 bridgehead atoms. The van der Waals surface area contributed by atoms with Gasteiger partial charge in [0.1, 0.15) is 0 Å². The van der Waals surface area contributed by atoms with E-state index in [1.807, 2.05) is 103 Å². The first-order valence-corrected chi connectivity index (χ1v) is 15.7. The van der Waals surface area contributed by atoms with Crippen molar-refractivity contribution in [3.8, 4) is 33.4 Å². The predicted octanol–water partition coefficient (Wildman–Crippen LogP) is 13.1. The monoisotopic (exact) mass is 606 g/mol. The summed E-state index contributed by atoms with van der Waals surface area (Å²) in [5.74, 6) is 0. The zero-order valence-electron chi connectivity index (χ0n) is 36.9. The molecule has 0 heterocycles. The zero-order chi connectivity index (χ0) is 41.2. The zero-order valence-corrected chi connectivity index (χ0v) is 24.9. The second-order valence-corrected chi connectivity index (χ2v) is 12.7. The largest absolute Gasteiger partial charge is 0.0636 e. The van der Waals surface area contributed by atoms with Crippen molar-refractivity contribution in [2.75, 3.05) is 0 Å². The third-order valence-electron chi connectivity index (χ3n) is 10.3. The average Bonchev–Trinajstić information content (AvgIpc) is 3.55. The van der Waals surface area contributed by atoms with Crippen molar-refractivity contribution in [1.29, 1.82) is 0 Å². The summed E-state index contributed by atoms with van der Waals surface area (Å²) in [5.41, 5.74) is -3.65. The molecule has 0 spiro atoms. The number of benzene rings is 10. The maximum atomic E-state index is 10.3. The summed E-state index contributed by atoms with van der Waals surface area (Å²) in [7, 11) is 0. The van der Waals surface area contributed by atoms with Gasteiger partial charge < -0.3 is 0 Å². The van der Waals surface area contributed by atoms with E-state index in [0.29, 0.717) is 21.9 Å². The van der Waals surface area contributed by atoms with Crippen LogP contribution in [0, 0.1) is 0 Å². The molecule has 0 saturated heterocycles. The summed E-state index contributed by atoms with van der Waals surface area (Å²) in [6.07, 6.45) is 0. The summed E-state index contributed by atoms with van der Waals surface area (Å²) in [4.78, 5) is 0. The lowest BCUT2D eigenvalue weighted by Crippen LogP contribution is -2.15. The lowest BCUT2D eigenvalue weighted by molar-refractivity contribution is 0.661. The van der Waals surface area contributed by atoms with Crippen molar-refractivity contribution in [3.05, 3.63) is 157 Å². The predicted molar refractivity (Wildman–Crippen MR) is 202 cm³/mol. The maximum Gasteiger partial charge on any atom is 0.0636 e. The molecule has 1 aliphatic carbocycles. The first-order valence-electron chi connectivity index (χ1n) is 21.7. The van der Waals surface area contributed by atoms with Crippen LogP contribution in [0.3, 0.4) is 0 Å². The van der Waals surface area contributed by atoms with Crippen LogP contribution >= 0.6 is 0 Å². The van der Waals surface area contributed by atoms with Crippen LogP contribution in [0.25, 0.3) is 98.0 Å². The van der Waals surface area contributed by atoms with Gasteiger partial charge in [0.2, 0.25) is 0 Å². The molecule has 218 valence electrons. The molecule has 0 saturated carbocycles. The Morgan fingerprint density at radius 2 is 0.957 bits per heavy atom. The van der Waals surface area contributed by atoms with Crippen molar-refractivity contribution in [2.24, 2.45) is 0 Å². The Morgan fingerprint density at radius 1 is 0.447 bits per heavy atom. The minimum Gasteiger partial charge on any atom is -0.0619 e. The molecule has 0 fully saturated rings. The van der Waals surface area contributed by atoms with Crippen molar-refractivity contribution in [1.82, 2.24) is 0 Å². The van der Waals surface area contributed by atoms with Crippen LogP contribution in [0.15, 0.2) is 145 Å². The molecular weight excluding hydrogens is 565 g/mol. The lowest BCUT2D eigenvalue weighted by atomic mass is 9.79. The van der Waals surface area contributed by atoms with Crippen LogP contribution in [0.1, 0.15) is 41.3 Å². The van der Waals surface area contributed by atoms with Gasteiger partial charge in [0.15, 0.2) is 0 Å². The summed E-state index contributed by atoms with van der Waals surface area (Å²) < 4.78 is 111. The Balaban J connectivity index is 1.41. The van der Waals surface area contributed by atoms with Crippen molar-refractivity contribution >= 4 is 64.6 Å². The average molecular weight is 607 g/mol. The first-order chi connectivity index (χ1) is 28.1. The Bertz CT molecular complexity index is 3440. The Morgan fingerprint density at radius 3 is 1.57 bits per heavy atom. The van der Waals surface area contributed by atoms with Crippen molar-refractivity contribution in [2.45, 2.75) is 19.1 Å². The molecular formula is C47H30. The van der Waals surface area contributed by atoms with Gasteiger partial charge in [-0.1, -0.05) is 147 Å². The molecule has 0 heteroatoms. The van der Waals surface area contributed by atoms with Crippen molar-refractivity contribution in [3.63, 3.8) is 0 Å². The topological polar surface area (TPSA) is 0 Å². The highest BCUT2D eigenvalue weighted by molar-refractivity contribution is 6.27. The molecule has 0 N–H and O–H groups in total. The van der Waals surface area contributed by atoms with Crippen LogP contribution in [0.5, 0.6) is 0 Å². The summed E-state index contributed by atoms with van der Waals surface area (Å²) in [6.45, 7) is -6.93. The molecule has 47 heavy (non-hydrogen) atoms. The molecule has 0 radical (unpaired) electrons. The van der Waals surface area contributed by atoms with Crippen LogP contribution in [-0.2, 0) is 5.41 Å². The quantitative estimate of drug-likeness (QED) is 0.172. The van der Waals surface area contributed by atoms with Gasteiger partial charge in [-0.15, -0.1) is 0 Å². The van der Waals surface area contributed by atoms with E-state index in [1.165, 1.54) is 0 Å². The summed E-state index contributed by atoms with van der Waals surface area (Å²) in [5, 5.41) is 10.8. The van der Waals surface area contributed by atoms with E-state index in [0.717, 1.165) is 53.9 Å². The standard InChI is InChI=1S/C47H30/c1-47(2)40-12-4-3-11-38(40)46-39(35-22-18-32-16-14-28-8-6-10-30-20-24-37(35)45(32)43(28)30)25-33(26-41(46)47)34-21-17-31-15-13-27-7-5-9-29-19-23-36(34)44(31)42(27)29/h3-26H,1-2H3/i1D3,2D3,3D,4D,11D,12D,25D,26D. The second-order valence-electron chi connectivity index (χ2n) is 12.7. The molecule has 10 aromatic rings. The highest BCUT2D eigenvalue weighted by Gasteiger charge is 2.37. The van der Waals surface area contributed by atoms with Gasteiger partial charge in [-0.25, -0.2) is 0 Å². The molecule has 0 amide bonds. The number of hydrogen-bond donors (Lipinski definition) is 0. The summed E-state index contributed by atoms with van der Waals surface area (Å²) >= 11 is 0. The number of hydrogen-bond acceptors (Lipinski definition) is 0. The molecule has 0 aliphatic heterocycles. The smallest absolute Gasteiger partial charge is 0.0619 e. The van der Waals surface area contributed by atoms with Gasteiger partial charge in [0.25, 0.3) is 0 Å². The van der Waals surface area contributed by atoms with Gasteiger partial charge in [-0.2, -0.15) is 0 Å².